The maximum atomic E-state index is 13.5. The Morgan fingerprint density at radius 3 is 2.23 bits per heavy atom. The van der Waals surface area contributed by atoms with Gasteiger partial charge in [-0.1, -0.05) is 78.6 Å². The van der Waals surface area contributed by atoms with Crippen LogP contribution in [0.4, 0.5) is 0 Å². The third-order valence-corrected chi connectivity index (χ3v) is 11.2. The van der Waals surface area contributed by atoms with Gasteiger partial charge < -0.3 is 0 Å². The van der Waals surface area contributed by atoms with Gasteiger partial charge in [0.05, 0.1) is 11.0 Å². The van der Waals surface area contributed by atoms with Crippen LogP contribution in [0, 0.1) is 29.1 Å². The molecule has 152 valence electrons. The number of rotatable bonds is 5. The molecule has 0 aromatic rings. The van der Waals surface area contributed by atoms with Gasteiger partial charge in [0.1, 0.15) is 0 Å². The molecule has 0 aromatic carbocycles. The van der Waals surface area contributed by atoms with Crippen molar-refractivity contribution >= 4 is 9.84 Å². The molecule has 3 aliphatic rings. The van der Waals surface area contributed by atoms with Crippen LogP contribution in [0.3, 0.4) is 0 Å². The highest BCUT2D eigenvalue weighted by Crippen LogP contribution is 2.55. The molecule has 1 heterocycles. The minimum atomic E-state index is -2.97. The van der Waals surface area contributed by atoms with Gasteiger partial charge in [-0.3, -0.25) is 0 Å². The third kappa shape index (κ3) is 3.89. The summed E-state index contributed by atoms with van der Waals surface area (Å²) in [6.07, 6.45) is 15.8. The topological polar surface area (TPSA) is 34.1 Å². The normalized spacial score (nSPS) is 41.3. The highest BCUT2D eigenvalue weighted by atomic mass is 32.2. The monoisotopic (exact) mass is 382 g/mol. The zero-order valence-corrected chi connectivity index (χ0v) is 18.3. The van der Waals surface area contributed by atoms with E-state index in [1.807, 2.05) is 0 Å². The fourth-order valence-corrected chi connectivity index (χ4v) is 10.1. The molecule has 0 amide bonds. The molecular weight excluding hydrogens is 340 g/mol. The van der Waals surface area contributed by atoms with Crippen LogP contribution in [-0.2, 0) is 9.84 Å². The number of hydrogen-bond acceptors (Lipinski definition) is 2. The first kappa shape index (κ1) is 20.7. The van der Waals surface area contributed by atoms with Gasteiger partial charge in [0.25, 0.3) is 0 Å². The van der Waals surface area contributed by atoms with Crippen LogP contribution in [0.25, 0.3) is 0 Å². The van der Waals surface area contributed by atoms with E-state index in [2.05, 4.69) is 20.8 Å². The maximum absolute atomic E-state index is 13.5. The molecule has 26 heavy (non-hydrogen) atoms. The SMILES string of the molecule is CCCC[C@]1(CC)CS(=O)(=O)C2CCCCC2[C@H](C2CCCCC2)[C@@H]1C. The van der Waals surface area contributed by atoms with E-state index in [1.54, 1.807) is 0 Å². The summed E-state index contributed by atoms with van der Waals surface area (Å²) in [7, 11) is -2.97. The number of unbranched alkanes of at least 4 members (excludes halogenated alkanes) is 1. The fraction of sp³-hybridized carbons (Fsp3) is 1.00. The molecule has 3 fully saturated rings. The van der Waals surface area contributed by atoms with Gasteiger partial charge in [-0.05, 0) is 54.8 Å². The highest BCUT2D eigenvalue weighted by Gasteiger charge is 2.54. The minimum Gasteiger partial charge on any atom is -0.229 e. The molecule has 0 radical (unpaired) electrons. The molecule has 0 aromatic heterocycles. The van der Waals surface area contributed by atoms with Gasteiger partial charge in [-0.15, -0.1) is 0 Å². The second-order valence-electron chi connectivity index (χ2n) is 9.88. The Bertz CT molecular complexity index is 549. The van der Waals surface area contributed by atoms with E-state index in [0.717, 1.165) is 31.6 Å². The predicted molar refractivity (Wildman–Crippen MR) is 111 cm³/mol. The number of sulfone groups is 1. The second-order valence-corrected chi connectivity index (χ2v) is 12.1. The Labute approximate surface area is 162 Å². The zero-order valence-electron chi connectivity index (χ0n) is 17.5. The molecule has 0 bridgehead atoms. The van der Waals surface area contributed by atoms with Crippen molar-refractivity contribution in [1.29, 1.82) is 0 Å². The van der Waals surface area contributed by atoms with E-state index >= 15 is 0 Å². The molecule has 0 N–H and O–H groups in total. The van der Waals surface area contributed by atoms with E-state index in [1.165, 1.54) is 57.8 Å². The highest BCUT2D eigenvalue weighted by molar-refractivity contribution is 7.92. The van der Waals surface area contributed by atoms with E-state index < -0.39 is 9.84 Å². The average Bonchev–Trinajstić information content (AvgIpc) is 2.73. The summed E-state index contributed by atoms with van der Waals surface area (Å²) in [6.45, 7) is 6.98. The average molecular weight is 383 g/mol. The van der Waals surface area contributed by atoms with Crippen LogP contribution in [0.2, 0.25) is 0 Å². The first-order valence-electron chi connectivity index (χ1n) is 11.7. The Balaban J connectivity index is 2.03. The lowest BCUT2D eigenvalue weighted by molar-refractivity contribution is 0.0270. The minimum absolute atomic E-state index is 0.0221. The van der Waals surface area contributed by atoms with Crippen molar-refractivity contribution in [3.63, 3.8) is 0 Å². The van der Waals surface area contributed by atoms with Gasteiger partial charge in [-0.25, -0.2) is 8.42 Å². The van der Waals surface area contributed by atoms with Crippen LogP contribution in [-0.4, -0.2) is 19.4 Å². The summed E-state index contributed by atoms with van der Waals surface area (Å²) in [5.74, 6) is 2.91. The van der Waals surface area contributed by atoms with Crippen molar-refractivity contribution in [3.8, 4) is 0 Å². The molecule has 2 nitrogen and oxygen atoms in total. The van der Waals surface area contributed by atoms with Crippen LogP contribution in [0.15, 0.2) is 0 Å². The van der Waals surface area contributed by atoms with Gasteiger partial charge in [-0.2, -0.15) is 0 Å². The number of hydrogen-bond donors (Lipinski definition) is 0. The van der Waals surface area contributed by atoms with Gasteiger partial charge in [0, 0.05) is 0 Å². The molecule has 3 rings (SSSR count). The van der Waals surface area contributed by atoms with Gasteiger partial charge in [0.15, 0.2) is 9.84 Å². The van der Waals surface area contributed by atoms with E-state index in [9.17, 15) is 8.42 Å². The smallest absolute Gasteiger partial charge is 0.154 e. The van der Waals surface area contributed by atoms with Crippen molar-refractivity contribution in [1.82, 2.24) is 0 Å². The number of fused-ring (bicyclic) bond motifs is 1. The fourth-order valence-electron chi connectivity index (χ4n) is 7.14. The van der Waals surface area contributed by atoms with Crippen molar-refractivity contribution in [2.75, 3.05) is 5.75 Å². The summed E-state index contributed by atoms with van der Waals surface area (Å²) in [5, 5.41) is -0.0271. The molecule has 2 unspecified atom stereocenters. The molecular formula is C23H42O2S. The van der Waals surface area contributed by atoms with E-state index in [-0.39, 0.29) is 10.7 Å². The van der Waals surface area contributed by atoms with Crippen LogP contribution in [0.5, 0.6) is 0 Å². The first-order chi connectivity index (χ1) is 12.4. The predicted octanol–water partition coefficient (Wildman–Crippen LogP) is 6.39. The lowest BCUT2D eigenvalue weighted by atomic mass is 9.57. The third-order valence-electron chi connectivity index (χ3n) is 8.67. The largest absolute Gasteiger partial charge is 0.229 e. The summed E-state index contributed by atoms with van der Waals surface area (Å²) >= 11 is 0. The standard InChI is InChI=1S/C23H42O2S/c1-4-6-16-23(5-2)17-26(24,25)21-15-11-10-14-20(21)22(18(23)3)19-12-8-7-9-13-19/h18-22H,4-17H2,1-3H3/t18-,20?,21?,22-,23+/m0/s1. The van der Waals surface area contributed by atoms with Gasteiger partial charge in [0.2, 0.25) is 0 Å². The maximum Gasteiger partial charge on any atom is 0.154 e. The van der Waals surface area contributed by atoms with Crippen LogP contribution < -0.4 is 0 Å². The lowest BCUT2D eigenvalue weighted by Gasteiger charge is -2.47. The Hall–Kier alpha value is -0.0500. The summed E-state index contributed by atoms with van der Waals surface area (Å²) in [4.78, 5) is 0. The summed E-state index contributed by atoms with van der Waals surface area (Å²) < 4.78 is 27.1. The zero-order chi connectivity index (χ0) is 18.8. The van der Waals surface area contributed by atoms with Crippen molar-refractivity contribution < 1.29 is 8.42 Å². The first-order valence-corrected chi connectivity index (χ1v) is 13.4. The lowest BCUT2D eigenvalue weighted by Crippen LogP contribution is -2.42. The van der Waals surface area contributed by atoms with Crippen molar-refractivity contribution in [2.24, 2.45) is 29.1 Å². The molecule has 1 aliphatic heterocycles. The van der Waals surface area contributed by atoms with Crippen LogP contribution in [0.1, 0.15) is 104 Å². The Morgan fingerprint density at radius 2 is 1.58 bits per heavy atom. The van der Waals surface area contributed by atoms with Crippen molar-refractivity contribution in [2.45, 2.75) is 109 Å². The quantitative estimate of drug-likeness (QED) is 0.552. The van der Waals surface area contributed by atoms with Crippen molar-refractivity contribution in [3.05, 3.63) is 0 Å². The molecule has 2 aliphatic carbocycles. The second kappa shape index (κ2) is 8.53. The van der Waals surface area contributed by atoms with E-state index in [4.69, 9.17) is 0 Å². The molecule has 1 saturated heterocycles. The van der Waals surface area contributed by atoms with Gasteiger partial charge >= 0.3 is 0 Å². The summed E-state index contributed by atoms with van der Waals surface area (Å²) in [6, 6.07) is 0. The molecule has 2 saturated carbocycles. The van der Waals surface area contributed by atoms with E-state index in [0.29, 0.717) is 23.5 Å². The molecule has 5 atom stereocenters. The Kier molecular flexibility index (Phi) is 6.79. The Morgan fingerprint density at radius 1 is 0.923 bits per heavy atom. The summed E-state index contributed by atoms with van der Waals surface area (Å²) in [5.41, 5.74) is 0.0221. The molecule has 3 heteroatoms. The van der Waals surface area contributed by atoms with Crippen LogP contribution >= 0.6 is 0 Å². The molecule has 0 spiro atoms.